The fraction of sp³-hybridized carbons (Fsp3) is 0.500. The van der Waals surface area contributed by atoms with Gasteiger partial charge in [0.25, 0.3) is 0 Å². The fourth-order valence-electron chi connectivity index (χ4n) is 1.75. The van der Waals surface area contributed by atoms with Gasteiger partial charge in [-0.2, -0.15) is 0 Å². The summed E-state index contributed by atoms with van der Waals surface area (Å²) in [5.41, 5.74) is 6.30. The van der Waals surface area contributed by atoms with Gasteiger partial charge in [-0.15, -0.1) is 0 Å². The Bertz CT molecular complexity index is 399. The Morgan fingerprint density at radius 1 is 1.33 bits per heavy atom. The van der Waals surface area contributed by atoms with Gasteiger partial charge in [0.2, 0.25) is 5.91 Å². The second-order valence-electron chi connectivity index (χ2n) is 4.61. The van der Waals surface area contributed by atoms with Crippen molar-refractivity contribution in [1.29, 1.82) is 0 Å². The third-order valence-corrected chi connectivity index (χ3v) is 3.68. The Morgan fingerprint density at radius 2 is 1.83 bits per heavy atom. The molecule has 0 spiro atoms. The van der Waals surface area contributed by atoms with Gasteiger partial charge < -0.3 is 11.1 Å². The highest BCUT2D eigenvalue weighted by molar-refractivity contribution is 6.30. The number of rotatable bonds is 5. The molecule has 0 bridgehead atoms. The molecule has 18 heavy (non-hydrogen) atoms. The molecule has 1 rings (SSSR count). The summed E-state index contributed by atoms with van der Waals surface area (Å²) in [7, 11) is 0. The van der Waals surface area contributed by atoms with Gasteiger partial charge in [-0.3, -0.25) is 4.79 Å². The summed E-state index contributed by atoms with van der Waals surface area (Å²) in [6, 6.07) is 7.37. The molecule has 4 heteroatoms. The summed E-state index contributed by atoms with van der Waals surface area (Å²) in [6.45, 7) is 5.79. The molecule has 1 amide bonds. The van der Waals surface area contributed by atoms with E-state index < -0.39 is 5.54 Å². The van der Waals surface area contributed by atoms with Gasteiger partial charge in [0.1, 0.15) is 0 Å². The van der Waals surface area contributed by atoms with Gasteiger partial charge in [-0.25, -0.2) is 0 Å². The molecule has 1 aromatic rings. The molecule has 0 heterocycles. The standard InChI is InChI=1S/C14H21ClN2O/c1-4-14(16,5-2)13(18)17-10(3)11-6-8-12(15)9-7-11/h6-10H,4-5,16H2,1-3H3,(H,17,18)/t10-/m1/s1. The highest BCUT2D eigenvalue weighted by atomic mass is 35.5. The Balaban J connectivity index is 2.73. The summed E-state index contributed by atoms with van der Waals surface area (Å²) in [6.07, 6.45) is 1.26. The molecule has 0 fully saturated rings. The van der Waals surface area contributed by atoms with Crippen LogP contribution in [0.5, 0.6) is 0 Å². The summed E-state index contributed by atoms with van der Waals surface area (Å²) < 4.78 is 0. The van der Waals surface area contributed by atoms with Crippen LogP contribution in [0.25, 0.3) is 0 Å². The molecule has 0 saturated heterocycles. The van der Waals surface area contributed by atoms with Crippen molar-refractivity contribution >= 4 is 17.5 Å². The van der Waals surface area contributed by atoms with Gasteiger partial charge >= 0.3 is 0 Å². The van der Waals surface area contributed by atoms with E-state index in [1.165, 1.54) is 0 Å². The maximum Gasteiger partial charge on any atom is 0.240 e. The Hall–Kier alpha value is -1.06. The smallest absolute Gasteiger partial charge is 0.240 e. The van der Waals surface area contributed by atoms with E-state index in [1.807, 2.05) is 45.0 Å². The van der Waals surface area contributed by atoms with Crippen molar-refractivity contribution in [2.75, 3.05) is 0 Å². The number of carbonyl (C=O) groups is 1. The topological polar surface area (TPSA) is 55.1 Å². The molecule has 3 nitrogen and oxygen atoms in total. The summed E-state index contributed by atoms with van der Waals surface area (Å²) in [4.78, 5) is 12.1. The summed E-state index contributed by atoms with van der Waals surface area (Å²) in [5.74, 6) is -0.102. The minimum atomic E-state index is -0.777. The van der Waals surface area contributed by atoms with Crippen LogP contribution in [-0.2, 0) is 4.79 Å². The third-order valence-electron chi connectivity index (χ3n) is 3.43. The Kier molecular flexibility index (Phi) is 5.17. The minimum Gasteiger partial charge on any atom is -0.348 e. The lowest BCUT2D eigenvalue weighted by atomic mass is 9.92. The van der Waals surface area contributed by atoms with Crippen LogP contribution in [0.3, 0.4) is 0 Å². The normalized spacial score (nSPS) is 13.2. The van der Waals surface area contributed by atoms with Crippen molar-refractivity contribution in [2.24, 2.45) is 5.73 Å². The van der Waals surface area contributed by atoms with Crippen molar-refractivity contribution in [1.82, 2.24) is 5.32 Å². The first-order valence-corrected chi connectivity index (χ1v) is 6.66. The lowest BCUT2D eigenvalue weighted by Crippen LogP contribution is -2.53. The van der Waals surface area contributed by atoms with Crippen molar-refractivity contribution in [3.05, 3.63) is 34.9 Å². The van der Waals surface area contributed by atoms with Crippen LogP contribution in [0.2, 0.25) is 5.02 Å². The van der Waals surface area contributed by atoms with Gasteiger partial charge in [-0.1, -0.05) is 37.6 Å². The number of amides is 1. The summed E-state index contributed by atoms with van der Waals surface area (Å²) >= 11 is 5.83. The van der Waals surface area contributed by atoms with Gasteiger partial charge in [0, 0.05) is 5.02 Å². The van der Waals surface area contributed by atoms with E-state index in [2.05, 4.69) is 5.32 Å². The number of benzene rings is 1. The minimum absolute atomic E-state index is 0.0733. The number of hydrogen-bond acceptors (Lipinski definition) is 2. The Labute approximate surface area is 114 Å². The highest BCUT2D eigenvalue weighted by Gasteiger charge is 2.30. The van der Waals surface area contributed by atoms with Gasteiger partial charge in [-0.05, 0) is 37.5 Å². The number of nitrogens with two attached hydrogens (primary N) is 1. The molecule has 0 aliphatic heterocycles. The van der Waals surface area contributed by atoms with E-state index in [4.69, 9.17) is 17.3 Å². The predicted molar refractivity (Wildman–Crippen MR) is 75.5 cm³/mol. The zero-order valence-corrected chi connectivity index (χ0v) is 11.9. The lowest BCUT2D eigenvalue weighted by Gasteiger charge is -2.27. The molecule has 1 atom stereocenters. The maximum atomic E-state index is 12.1. The molecule has 0 aliphatic rings. The van der Waals surface area contributed by atoms with Crippen molar-refractivity contribution < 1.29 is 4.79 Å². The molecule has 0 aliphatic carbocycles. The number of halogens is 1. The van der Waals surface area contributed by atoms with Crippen LogP contribution in [-0.4, -0.2) is 11.4 Å². The monoisotopic (exact) mass is 268 g/mol. The molecule has 0 saturated carbocycles. The molecular weight excluding hydrogens is 248 g/mol. The molecule has 0 unspecified atom stereocenters. The zero-order chi connectivity index (χ0) is 13.8. The average molecular weight is 269 g/mol. The van der Waals surface area contributed by atoms with Crippen LogP contribution in [0.15, 0.2) is 24.3 Å². The average Bonchev–Trinajstić information content (AvgIpc) is 2.38. The first kappa shape index (κ1) is 15.0. The van der Waals surface area contributed by atoms with Gasteiger partial charge in [0.05, 0.1) is 11.6 Å². The molecule has 0 radical (unpaired) electrons. The molecular formula is C14H21ClN2O. The number of hydrogen-bond donors (Lipinski definition) is 2. The first-order chi connectivity index (χ1) is 8.42. The van der Waals surface area contributed by atoms with Crippen molar-refractivity contribution in [3.63, 3.8) is 0 Å². The predicted octanol–water partition coefficient (Wildman–Crippen LogP) is 3.03. The quantitative estimate of drug-likeness (QED) is 0.862. The van der Waals surface area contributed by atoms with Gasteiger partial charge in [0.15, 0.2) is 0 Å². The molecule has 1 aromatic carbocycles. The zero-order valence-electron chi connectivity index (χ0n) is 11.2. The van der Waals surface area contributed by atoms with Crippen LogP contribution >= 0.6 is 11.6 Å². The summed E-state index contributed by atoms with van der Waals surface area (Å²) in [5, 5.41) is 3.64. The molecule has 0 aromatic heterocycles. The second-order valence-corrected chi connectivity index (χ2v) is 5.05. The largest absolute Gasteiger partial charge is 0.348 e. The van der Waals surface area contributed by atoms with E-state index in [1.54, 1.807) is 0 Å². The first-order valence-electron chi connectivity index (χ1n) is 6.28. The van der Waals surface area contributed by atoms with E-state index in [0.717, 1.165) is 5.56 Å². The van der Waals surface area contributed by atoms with E-state index >= 15 is 0 Å². The lowest BCUT2D eigenvalue weighted by molar-refractivity contribution is -0.127. The van der Waals surface area contributed by atoms with Crippen LogP contribution < -0.4 is 11.1 Å². The van der Waals surface area contributed by atoms with Crippen molar-refractivity contribution in [2.45, 2.75) is 45.2 Å². The maximum absolute atomic E-state index is 12.1. The number of carbonyl (C=O) groups excluding carboxylic acids is 1. The fourth-order valence-corrected chi connectivity index (χ4v) is 1.87. The molecule has 100 valence electrons. The van der Waals surface area contributed by atoms with E-state index in [-0.39, 0.29) is 11.9 Å². The third kappa shape index (κ3) is 3.47. The molecule has 3 N–H and O–H groups in total. The van der Waals surface area contributed by atoms with Crippen LogP contribution in [0.4, 0.5) is 0 Å². The van der Waals surface area contributed by atoms with Crippen molar-refractivity contribution in [3.8, 4) is 0 Å². The van der Waals surface area contributed by atoms with Crippen LogP contribution in [0.1, 0.15) is 45.2 Å². The Morgan fingerprint density at radius 3 is 2.28 bits per heavy atom. The second kappa shape index (κ2) is 6.21. The highest BCUT2D eigenvalue weighted by Crippen LogP contribution is 2.18. The van der Waals surface area contributed by atoms with E-state index in [0.29, 0.717) is 17.9 Å². The van der Waals surface area contributed by atoms with Crippen LogP contribution in [0, 0.1) is 0 Å². The SMILES string of the molecule is CCC(N)(CC)C(=O)N[C@H](C)c1ccc(Cl)cc1. The van der Waals surface area contributed by atoms with E-state index in [9.17, 15) is 4.79 Å². The number of nitrogens with one attached hydrogen (secondary N) is 1.